The Morgan fingerprint density at radius 1 is 1.29 bits per heavy atom. The molecule has 0 aliphatic carbocycles. The SMILES string of the molecule is CCOCc1nc2ccccc2c2[nH]cnc12. The molecule has 3 rings (SSSR count). The number of nitrogens with zero attached hydrogens (tertiary/aromatic N) is 2. The first kappa shape index (κ1) is 10.2. The van der Waals surface area contributed by atoms with Gasteiger partial charge in [0.05, 0.1) is 29.7 Å². The number of hydrogen-bond acceptors (Lipinski definition) is 3. The first-order valence-electron chi connectivity index (χ1n) is 5.68. The number of ether oxygens (including phenoxy) is 1. The third-order valence-electron chi connectivity index (χ3n) is 2.78. The fraction of sp³-hybridized carbons (Fsp3) is 0.231. The van der Waals surface area contributed by atoms with Crippen molar-refractivity contribution in [2.24, 2.45) is 0 Å². The number of aromatic nitrogens is 3. The molecule has 2 aromatic heterocycles. The second kappa shape index (κ2) is 4.14. The van der Waals surface area contributed by atoms with Crippen LogP contribution in [0.3, 0.4) is 0 Å². The zero-order chi connectivity index (χ0) is 11.7. The van der Waals surface area contributed by atoms with Gasteiger partial charge in [0.25, 0.3) is 0 Å². The average molecular weight is 227 g/mol. The van der Waals surface area contributed by atoms with Crippen molar-refractivity contribution in [1.29, 1.82) is 0 Å². The Hall–Kier alpha value is -1.94. The van der Waals surface area contributed by atoms with Gasteiger partial charge in [-0.25, -0.2) is 9.97 Å². The number of benzene rings is 1. The van der Waals surface area contributed by atoms with E-state index in [1.807, 2.05) is 31.2 Å². The summed E-state index contributed by atoms with van der Waals surface area (Å²) < 4.78 is 5.43. The summed E-state index contributed by atoms with van der Waals surface area (Å²) in [7, 11) is 0. The number of imidazole rings is 1. The van der Waals surface area contributed by atoms with Gasteiger partial charge in [-0.2, -0.15) is 0 Å². The van der Waals surface area contributed by atoms with Crippen LogP contribution in [0.25, 0.3) is 21.9 Å². The van der Waals surface area contributed by atoms with Crippen molar-refractivity contribution >= 4 is 21.9 Å². The van der Waals surface area contributed by atoms with Crippen LogP contribution in [0, 0.1) is 0 Å². The van der Waals surface area contributed by atoms with Crippen LogP contribution in [0.2, 0.25) is 0 Å². The summed E-state index contributed by atoms with van der Waals surface area (Å²) in [5.74, 6) is 0. The molecule has 17 heavy (non-hydrogen) atoms. The number of para-hydroxylation sites is 1. The molecule has 0 amide bonds. The number of H-pyrrole nitrogens is 1. The van der Waals surface area contributed by atoms with E-state index in [0.29, 0.717) is 13.2 Å². The van der Waals surface area contributed by atoms with Crippen LogP contribution in [-0.4, -0.2) is 21.6 Å². The van der Waals surface area contributed by atoms with Crippen molar-refractivity contribution in [3.8, 4) is 0 Å². The largest absolute Gasteiger partial charge is 0.375 e. The number of nitrogens with one attached hydrogen (secondary N) is 1. The number of pyridine rings is 1. The molecule has 86 valence electrons. The molecule has 0 spiro atoms. The first-order chi connectivity index (χ1) is 8.40. The van der Waals surface area contributed by atoms with Gasteiger partial charge in [0.2, 0.25) is 0 Å². The van der Waals surface area contributed by atoms with Gasteiger partial charge in [0.15, 0.2) is 0 Å². The summed E-state index contributed by atoms with van der Waals surface area (Å²) in [6, 6.07) is 8.05. The summed E-state index contributed by atoms with van der Waals surface area (Å²) >= 11 is 0. The summed E-state index contributed by atoms with van der Waals surface area (Å²) in [5, 5.41) is 1.10. The molecule has 3 aromatic rings. The molecule has 0 fully saturated rings. The molecular formula is C13H13N3O. The molecule has 0 atom stereocenters. The zero-order valence-electron chi connectivity index (χ0n) is 9.60. The standard InChI is InChI=1S/C13H13N3O/c1-2-17-7-11-13-12(14-8-15-13)9-5-3-4-6-10(9)16-11/h3-6,8H,2,7H2,1H3,(H,14,15). The molecule has 2 heterocycles. The second-order valence-corrected chi connectivity index (χ2v) is 3.84. The maximum atomic E-state index is 5.43. The Bertz CT molecular complexity index is 660. The van der Waals surface area contributed by atoms with Gasteiger partial charge in [-0.3, -0.25) is 0 Å². The summed E-state index contributed by atoms with van der Waals surface area (Å²) in [5.41, 5.74) is 3.79. The van der Waals surface area contributed by atoms with E-state index < -0.39 is 0 Å². The second-order valence-electron chi connectivity index (χ2n) is 3.84. The summed E-state index contributed by atoms with van der Waals surface area (Å²) in [6.07, 6.45) is 1.70. The van der Waals surface area contributed by atoms with Crippen molar-refractivity contribution in [2.75, 3.05) is 6.61 Å². The van der Waals surface area contributed by atoms with E-state index in [2.05, 4.69) is 15.0 Å². The van der Waals surface area contributed by atoms with E-state index in [0.717, 1.165) is 27.6 Å². The lowest BCUT2D eigenvalue weighted by Gasteiger charge is -2.05. The Kier molecular flexibility index (Phi) is 2.49. The molecule has 1 aromatic carbocycles. The molecule has 0 bridgehead atoms. The summed E-state index contributed by atoms with van der Waals surface area (Å²) in [6.45, 7) is 3.16. The molecule has 0 saturated heterocycles. The van der Waals surface area contributed by atoms with Crippen LogP contribution in [0.15, 0.2) is 30.6 Å². The van der Waals surface area contributed by atoms with E-state index in [9.17, 15) is 0 Å². The van der Waals surface area contributed by atoms with Crippen LogP contribution in [0.5, 0.6) is 0 Å². The predicted octanol–water partition coefficient (Wildman–Crippen LogP) is 2.65. The smallest absolute Gasteiger partial charge is 0.113 e. The van der Waals surface area contributed by atoms with E-state index in [4.69, 9.17) is 4.74 Å². The lowest BCUT2D eigenvalue weighted by Crippen LogP contribution is -1.97. The lowest BCUT2D eigenvalue weighted by molar-refractivity contribution is 0.132. The van der Waals surface area contributed by atoms with Crippen molar-refractivity contribution in [3.05, 3.63) is 36.3 Å². The van der Waals surface area contributed by atoms with Gasteiger partial charge in [0.1, 0.15) is 5.52 Å². The monoisotopic (exact) mass is 227 g/mol. The normalized spacial score (nSPS) is 11.4. The van der Waals surface area contributed by atoms with E-state index in [1.165, 1.54) is 0 Å². The van der Waals surface area contributed by atoms with Crippen LogP contribution >= 0.6 is 0 Å². The maximum Gasteiger partial charge on any atom is 0.113 e. The number of hydrogen-bond donors (Lipinski definition) is 1. The van der Waals surface area contributed by atoms with E-state index in [1.54, 1.807) is 6.33 Å². The molecular weight excluding hydrogens is 214 g/mol. The van der Waals surface area contributed by atoms with Gasteiger partial charge in [-0.1, -0.05) is 18.2 Å². The van der Waals surface area contributed by atoms with Crippen molar-refractivity contribution < 1.29 is 4.74 Å². The van der Waals surface area contributed by atoms with Gasteiger partial charge >= 0.3 is 0 Å². The van der Waals surface area contributed by atoms with Gasteiger partial charge < -0.3 is 9.72 Å². The minimum absolute atomic E-state index is 0.503. The fourth-order valence-corrected chi connectivity index (χ4v) is 2.00. The number of aromatic amines is 1. The van der Waals surface area contributed by atoms with Crippen LogP contribution in [0.1, 0.15) is 12.6 Å². The molecule has 0 aliphatic heterocycles. The minimum Gasteiger partial charge on any atom is -0.375 e. The van der Waals surface area contributed by atoms with E-state index >= 15 is 0 Å². The van der Waals surface area contributed by atoms with Crippen molar-refractivity contribution in [3.63, 3.8) is 0 Å². The summed E-state index contributed by atoms with van der Waals surface area (Å²) in [4.78, 5) is 12.1. The fourth-order valence-electron chi connectivity index (χ4n) is 2.00. The van der Waals surface area contributed by atoms with Crippen molar-refractivity contribution in [2.45, 2.75) is 13.5 Å². The number of rotatable bonds is 3. The topological polar surface area (TPSA) is 50.8 Å². The first-order valence-corrected chi connectivity index (χ1v) is 5.68. The molecule has 0 radical (unpaired) electrons. The minimum atomic E-state index is 0.503. The third-order valence-corrected chi connectivity index (χ3v) is 2.78. The quantitative estimate of drug-likeness (QED) is 0.748. The lowest BCUT2D eigenvalue weighted by atomic mass is 10.1. The van der Waals surface area contributed by atoms with Crippen LogP contribution in [0.4, 0.5) is 0 Å². The highest BCUT2D eigenvalue weighted by molar-refractivity contribution is 6.02. The predicted molar refractivity (Wildman–Crippen MR) is 66.7 cm³/mol. The highest BCUT2D eigenvalue weighted by Crippen LogP contribution is 2.23. The highest BCUT2D eigenvalue weighted by Gasteiger charge is 2.09. The highest BCUT2D eigenvalue weighted by atomic mass is 16.5. The molecule has 0 saturated carbocycles. The van der Waals surface area contributed by atoms with Gasteiger partial charge in [0, 0.05) is 12.0 Å². The van der Waals surface area contributed by atoms with E-state index in [-0.39, 0.29) is 0 Å². The third kappa shape index (κ3) is 1.66. The Morgan fingerprint density at radius 2 is 2.18 bits per heavy atom. The molecule has 0 unspecified atom stereocenters. The van der Waals surface area contributed by atoms with Gasteiger partial charge in [-0.15, -0.1) is 0 Å². The Labute approximate surface area is 98.7 Å². The molecule has 4 nitrogen and oxygen atoms in total. The average Bonchev–Trinajstić information content (AvgIpc) is 2.85. The van der Waals surface area contributed by atoms with Crippen molar-refractivity contribution in [1.82, 2.24) is 15.0 Å². The van der Waals surface area contributed by atoms with Gasteiger partial charge in [-0.05, 0) is 13.0 Å². The Balaban J connectivity index is 2.28. The molecule has 1 N–H and O–H groups in total. The van der Waals surface area contributed by atoms with Crippen LogP contribution in [-0.2, 0) is 11.3 Å². The maximum absolute atomic E-state index is 5.43. The molecule has 0 aliphatic rings. The zero-order valence-corrected chi connectivity index (χ0v) is 9.60. The van der Waals surface area contributed by atoms with Crippen LogP contribution < -0.4 is 0 Å². The number of fused-ring (bicyclic) bond motifs is 3. The molecule has 4 heteroatoms. The Morgan fingerprint density at radius 3 is 3.06 bits per heavy atom.